The van der Waals surface area contributed by atoms with E-state index >= 15 is 0 Å². The minimum Gasteiger partial charge on any atom is -0.369 e. The van der Waals surface area contributed by atoms with Crippen LogP contribution in [0.5, 0.6) is 0 Å². The van der Waals surface area contributed by atoms with Gasteiger partial charge in [-0.15, -0.1) is 0 Å². The van der Waals surface area contributed by atoms with E-state index in [0.717, 1.165) is 15.4 Å². The van der Waals surface area contributed by atoms with Gasteiger partial charge in [-0.05, 0) is 44.0 Å². The molecule has 1 aromatic rings. The normalized spacial score (nSPS) is 12.1. The smallest absolute Gasteiger partial charge is 0.243 e. The second kappa shape index (κ2) is 6.34. The van der Waals surface area contributed by atoms with E-state index in [2.05, 4.69) is 0 Å². The molecule has 0 aromatic heterocycles. The Balaban J connectivity index is 3.26. The molecule has 1 amide bonds. The number of carbonyl (C=O) groups excluding carboxylic acids is 1. The van der Waals surface area contributed by atoms with Crippen LogP contribution < -0.4 is 11.5 Å². The number of primary amides is 1. The van der Waals surface area contributed by atoms with Crippen LogP contribution in [0.3, 0.4) is 0 Å². The fourth-order valence-electron chi connectivity index (χ4n) is 1.89. The lowest BCUT2D eigenvalue weighted by molar-refractivity contribution is -0.118. The highest BCUT2D eigenvalue weighted by atomic mass is 32.2. The average Bonchev–Trinajstić information content (AvgIpc) is 2.35. The van der Waals surface area contributed by atoms with E-state index in [-0.39, 0.29) is 17.5 Å². The molecule has 20 heavy (non-hydrogen) atoms. The Morgan fingerprint density at radius 2 is 1.95 bits per heavy atom. The van der Waals surface area contributed by atoms with Crippen LogP contribution in [0.2, 0.25) is 0 Å². The number of nitrogens with two attached hydrogens (primary N) is 2. The molecule has 0 saturated heterocycles. The highest BCUT2D eigenvalue weighted by Crippen LogP contribution is 2.21. The number of carbonyl (C=O) groups is 1. The number of aryl methyl sites for hydroxylation is 1. The molecule has 0 aliphatic rings. The van der Waals surface area contributed by atoms with Crippen molar-refractivity contribution < 1.29 is 13.2 Å². The van der Waals surface area contributed by atoms with Crippen molar-refractivity contribution in [3.05, 3.63) is 29.3 Å². The van der Waals surface area contributed by atoms with Gasteiger partial charge < -0.3 is 11.5 Å². The summed E-state index contributed by atoms with van der Waals surface area (Å²) in [5.41, 5.74) is 12.4. The molecule has 0 fully saturated rings. The van der Waals surface area contributed by atoms with E-state index in [9.17, 15) is 13.2 Å². The molecule has 4 N–H and O–H groups in total. The lowest BCUT2D eigenvalue weighted by Gasteiger charge is -2.24. The van der Waals surface area contributed by atoms with Gasteiger partial charge in [0.1, 0.15) is 0 Å². The van der Waals surface area contributed by atoms with Gasteiger partial charge in [0.2, 0.25) is 15.9 Å². The summed E-state index contributed by atoms with van der Waals surface area (Å²) < 4.78 is 26.2. The molecule has 7 heteroatoms. The summed E-state index contributed by atoms with van der Waals surface area (Å²) >= 11 is 0. The number of sulfonamides is 1. The third kappa shape index (κ3) is 3.56. The molecule has 0 radical (unpaired) electrons. The van der Waals surface area contributed by atoms with E-state index in [4.69, 9.17) is 11.5 Å². The monoisotopic (exact) mass is 299 g/mol. The number of hydrogen-bond acceptors (Lipinski definition) is 4. The van der Waals surface area contributed by atoms with E-state index < -0.39 is 15.9 Å². The number of amides is 1. The van der Waals surface area contributed by atoms with Gasteiger partial charge in [-0.1, -0.05) is 6.07 Å². The molecule has 0 spiro atoms. The van der Waals surface area contributed by atoms with Gasteiger partial charge in [-0.3, -0.25) is 4.79 Å². The van der Waals surface area contributed by atoms with Crippen LogP contribution in [0.25, 0.3) is 0 Å². The van der Waals surface area contributed by atoms with Crippen molar-refractivity contribution in [3.8, 4) is 0 Å². The first-order valence-corrected chi connectivity index (χ1v) is 7.74. The van der Waals surface area contributed by atoms with Crippen molar-refractivity contribution >= 4 is 15.9 Å². The molecule has 6 nitrogen and oxygen atoms in total. The van der Waals surface area contributed by atoms with Crippen molar-refractivity contribution in [2.24, 2.45) is 11.5 Å². The second-order valence-electron chi connectivity index (χ2n) is 4.90. The topological polar surface area (TPSA) is 106 Å². The quantitative estimate of drug-likeness (QED) is 0.789. The highest BCUT2D eigenvalue weighted by molar-refractivity contribution is 7.89. The van der Waals surface area contributed by atoms with Gasteiger partial charge in [0.25, 0.3) is 0 Å². The molecule has 0 bridgehead atoms. The number of hydrogen-bond donors (Lipinski definition) is 2. The molecule has 0 heterocycles. The van der Waals surface area contributed by atoms with E-state index in [1.807, 2.05) is 0 Å². The largest absolute Gasteiger partial charge is 0.369 e. The van der Waals surface area contributed by atoms with Gasteiger partial charge in [-0.25, -0.2) is 8.42 Å². The lowest BCUT2D eigenvalue weighted by Crippen LogP contribution is -2.42. The zero-order valence-electron chi connectivity index (χ0n) is 12.0. The zero-order valence-corrected chi connectivity index (χ0v) is 12.8. The average molecular weight is 299 g/mol. The summed E-state index contributed by atoms with van der Waals surface area (Å²) in [4.78, 5) is 11.2. The van der Waals surface area contributed by atoms with Crippen LogP contribution in [0.15, 0.2) is 23.1 Å². The molecule has 1 aromatic carbocycles. The predicted molar refractivity (Wildman–Crippen MR) is 77.3 cm³/mol. The molecule has 0 unspecified atom stereocenters. The maximum Gasteiger partial charge on any atom is 0.243 e. The Hall–Kier alpha value is -1.44. The fraction of sp³-hybridized carbons (Fsp3) is 0.462. The molecule has 0 aliphatic carbocycles. The predicted octanol–water partition coefficient (Wildman–Crippen LogP) is 0.338. The Bertz CT molecular complexity index is 597. The van der Waals surface area contributed by atoms with Crippen LogP contribution in [-0.4, -0.2) is 31.2 Å². The third-order valence-corrected chi connectivity index (χ3v) is 5.05. The molecule has 112 valence electrons. The summed E-state index contributed by atoms with van der Waals surface area (Å²) in [5, 5.41) is 0. The molecule has 0 atom stereocenters. The summed E-state index contributed by atoms with van der Waals surface area (Å²) in [5.74, 6) is -0.683. The summed E-state index contributed by atoms with van der Waals surface area (Å²) in [6, 6.07) is 4.39. The molecular weight excluding hydrogens is 278 g/mol. The summed E-state index contributed by atoms with van der Waals surface area (Å²) in [6.45, 7) is 5.21. The molecular formula is C13H21N3O3S. The minimum atomic E-state index is -3.75. The van der Waals surface area contributed by atoms with Gasteiger partial charge >= 0.3 is 0 Å². The van der Waals surface area contributed by atoms with Gasteiger partial charge in [0.15, 0.2) is 0 Å². The van der Waals surface area contributed by atoms with Crippen LogP contribution >= 0.6 is 0 Å². The second-order valence-corrected chi connectivity index (χ2v) is 6.79. The van der Waals surface area contributed by atoms with Crippen LogP contribution in [0.1, 0.15) is 25.0 Å². The van der Waals surface area contributed by atoms with Crippen LogP contribution in [0, 0.1) is 6.92 Å². The van der Waals surface area contributed by atoms with Crippen molar-refractivity contribution in [2.45, 2.75) is 38.3 Å². The van der Waals surface area contributed by atoms with Crippen molar-refractivity contribution in [1.29, 1.82) is 0 Å². The van der Waals surface area contributed by atoms with E-state index in [1.165, 1.54) is 6.07 Å². The standard InChI is InChI=1S/C13H21N3O3S/c1-9(2)16(8-13(15)17)20(18,19)12-5-4-11(7-14)10(3)6-12/h4-6,9H,7-8,14H2,1-3H3,(H2,15,17). The summed E-state index contributed by atoms with van der Waals surface area (Å²) in [7, 11) is -3.75. The summed E-state index contributed by atoms with van der Waals surface area (Å²) in [6.07, 6.45) is 0. The lowest BCUT2D eigenvalue weighted by atomic mass is 10.1. The maximum absolute atomic E-state index is 12.5. The maximum atomic E-state index is 12.5. The highest BCUT2D eigenvalue weighted by Gasteiger charge is 2.28. The minimum absolute atomic E-state index is 0.141. The Morgan fingerprint density at radius 1 is 1.35 bits per heavy atom. The van der Waals surface area contributed by atoms with Crippen molar-refractivity contribution in [2.75, 3.05) is 6.54 Å². The Labute approximate surface area is 119 Å². The Morgan fingerprint density at radius 3 is 2.35 bits per heavy atom. The first kappa shape index (κ1) is 16.6. The number of benzene rings is 1. The van der Waals surface area contributed by atoms with Crippen LogP contribution in [-0.2, 0) is 21.4 Å². The third-order valence-electron chi connectivity index (χ3n) is 3.03. The molecule has 1 rings (SSSR count). The van der Waals surface area contributed by atoms with Gasteiger partial charge in [-0.2, -0.15) is 4.31 Å². The molecule has 0 saturated carbocycles. The van der Waals surface area contributed by atoms with Crippen molar-refractivity contribution in [1.82, 2.24) is 4.31 Å². The first-order chi connectivity index (χ1) is 9.20. The SMILES string of the molecule is Cc1cc(S(=O)(=O)N(CC(N)=O)C(C)C)ccc1CN. The number of rotatable bonds is 6. The first-order valence-electron chi connectivity index (χ1n) is 6.30. The molecule has 0 aliphatic heterocycles. The van der Waals surface area contributed by atoms with E-state index in [0.29, 0.717) is 6.54 Å². The van der Waals surface area contributed by atoms with Gasteiger partial charge in [0.05, 0.1) is 11.4 Å². The Kier molecular flexibility index (Phi) is 5.27. The fourth-order valence-corrected chi connectivity index (χ4v) is 3.58. The number of nitrogens with zero attached hydrogens (tertiary/aromatic N) is 1. The van der Waals surface area contributed by atoms with E-state index in [1.54, 1.807) is 32.9 Å². The van der Waals surface area contributed by atoms with Crippen LogP contribution in [0.4, 0.5) is 0 Å². The van der Waals surface area contributed by atoms with Crippen molar-refractivity contribution in [3.63, 3.8) is 0 Å². The zero-order chi connectivity index (χ0) is 15.5. The van der Waals surface area contributed by atoms with Gasteiger partial charge in [0, 0.05) is 12.6 Å².